The molecular formula is C22H29N5O7S. The quantitative estimate of drug-likeness (QED) is 0.440. The Hall–Kier alpha value is -3.48. The van der Waals surface area contributed by atoms with Gasteiger partial charge in [-0.05, 0) is 57.2 Å². The van der Waals surface area contributed by atoms with Gasteiger partial charge in [0, 0.05) is 24.3 Å². The molecule has 12 nitrogen and oxygen atoms in total. The molecule has 1 aliphatic carbocycles. The van der Waals surface area contributed by atoms with Crippen LogP contribution in [0.2, 0.25) is 0 Å². The topological polar surface area (TPSA) is 166 Å². The van der Waals surface area contributed by atoms with E-state index in [2.05, 4.69) is 10.4 Å². The summed E-state index contributed by atoms with van der Waals surface area (Å²) in [5.74, 6) is -0.439. The highest BCUT2D eigenvalue weighted by Crippen LogP contribution is 2.44. The van der Waals surface area contributed by atoms with Gasteiger partial charge in [0.25, 0.3) is 15.9 Å². The average molecular weight is 508 g/mol. The first kappa shape index (κ1) is 24.6. The number of carbonyl (C=O) groups excluding carboxylic acids is 1. The minimum atomic E-state index is -4.20. The molecule has 1 aromatic heterocycles. The zero-order valence-corrected chi connectivity index (χ0v) is 20.3. The van der Waals surface area contributed by atoms with Gasteiger partial charge in [-0.3, -0.25) is 19.1 Å². The van der Waals surface area contributed by atoms with Crippen LogP contribution in [0, 0.1) is 11.8 Å². The standard InChI is InChI=1S/C22H29N5O7S/c1-3-26-12-19(21(25-26)33-4-2)35(31,32)27-11-15(10-16(20(23)28)13-5-6-13)34-18-8-7-14(9-17(18)27)24-22(29)30/h7-9,12-13,15-16,24H,3-6,10-11H2,1-2H3,(H2,23,28)(H,29,30). The summed E-state index contributed by atoms with van der Waals surface area (Å²) in [5, 5.41) is 15.6. The molecule has 2 heterocycles. The Morgan fingerprint density at radius 2 is 2.09 bits per heavy atom. The van der Waals surface area contributed by atoms with Crippen LogP contribution in [0.15, 0.2) is 29.3 Å². The summed E-state index contributed by atoms with van der Waals surface area (Å²) in [5.41, 5.74) is 5.97. The van der Waals surface area contributed by atoms with Crippen molar-refractivity contribution in [3.05, 3.63) is 24.4 Å². The maximum Gasteiger partial charge on any atom is 0.409 e. The molecule has 4 N–H and O–H groups in total. The molecule has 1 fully saturated rings. The number of sulfonamides is 1. The normalized spacial score (nSPS) is 18.3. The van der Waals surface area contributed by atoms with Crippen molar-refractivity contribution in [1.82, 2.24) is 9.78 Å². The number of ether oxygens (including phenoxy) is 2. The lowest BCUT2D eigenvalue weighted by molar-refractivity contribution is -0.123. The van der Waals surface area contributed by atoms with Crippen LogP contribution in [0.5, 0.6) is 11.6 Å². The molecule has 190 valence electrons. The second-order valence-electron chi connectivity index (χ2n) is 8.56. The fourth-order valence-electron chi connectivity index (χ4n) is 4.27. The van der Waals surface area contributed by atoms with E-state index < -0.39 is 34.0 Å². The first-order valence-corrected chi connectivity index (χ1v) is 12.9. The van der Waals surface area contributed by atoms with Gasteiger partial charge in [0.2, 0.25) is 5.91 Å². The van der Waals surface area contributed by atoms with Crippen molar-refractivity contribution >= 4 is 33.4 Å². The van der Waals surface area contributed by atoms with E-state index >= 15 is 0 Å². The molecule has 1 aromatic carbocycles. The molecule has 13 heteroatoms. The number of benzene rings is 1. The molecule has 1 saturated carbocycles. The van der Waals surface area contributed by atoms with Crippen LogP contribution < -0.4 is 24.8 Å². The Balaban J connectivity index is 1.76. The summed E-state index contributed by atoms with van der Waals surface area (Å²) in [6, 6.07) is 4.38. The largest absolute Gasteiger partial charge is 0.486 e. The number of carbonyl (C=O) groups is 2. The van der Waals surface area contributed by atoms with Crippen molar-refractivity contribution in [1.29, 1.82) is 0 Å². The number of nitrogens with two attached hydrogens (primary N) is 1. The van der Waals surface area contributed by atoms with E-state index in [1.54, 1.807) is 6.92 Å². The first-order chi connectivity index (χ1) is 16.6. The van der Waals surface area contributed by atoms with E-state index in [1.165, 1.54) is 29.1 Å². The van der Waals surface area contributed by atoms with Crippen molar-refractivity contribution in [2.75, 3.05) is 22.8 Å². The Morgan fingerprint density at radius 3 is 2.69 bits per heavy atom. The summed E-state index contributed by atoms with van der Waals surface area (Å²) in [7, 11) is -4.20. The number of aryl methyl sites for hydroxylation is 1. The maximum atomic E-state index is 13.9. The number of primary amides is 1. The number of hydrogen-bond acceptors (Lipinski definition) is 7. The van der Waals surface area contributed by atoms with Crippen LogP contribution in [-0.4, -0.2) is 54.6 Å². The molecule has 35 heavy (non-hydrogen) atoms. The van der Waals surface area contributed by atoms with Crippen molar-refractivity contribution < 1.29 is 32.6 Å². The van der Waals surface area contributed by atoms with E-state index in [-0.39, 0.29) is 53.4 Å². The van der Waals surface area contributed by atoms with E-state index in [0.717, 1.165) is 17.1 Å². The minimum Gasteiger partial charge on any atom is -0.486 e. The summed E-state index contributed by atoms with van der Waals surface area (Å²) in [4.78, 5) is 23.1. The highest BCUT2D eigenvalue weighted by atomic mass is 32.2. The molecule has 0 bridgehead atoms. The number of fused-ring (bicyclic) bond motifs is 1. The molecular weight excluding hydrogens is 478 g/mol. The highest BCUT2D eigenvalue weighted by molar-refractivity contribution is 7.93. The number of nitrogens with zero attached hydrogens (tertiary/aromatic N) is 3. The lowest BCUT2D eigenvalue weighted by Crippen LogP contribution is -2.45. The van der Waals surface area contributed by atoms with Crippen LogP contribution in [0.4, 0.5) is 16.2 Å². The second-order valence-corrected chi connectivity index (χ2v) is 10.4. The average Bonchev–Trinajstić information content (AvgIpc) is 3.55. The third kappa shape index (κ3) is 5.14. The van der Waals surface area contributed by atoms with Gasteiger partial charge in [0.15, 0.2) is 4.90 Å². The van der Waals surface area contributed by atoms with Gasteiger partial charge in [-0.25, -0.2) is 13.2 Å². The number of amides is 2. The number of carboxylic acid groups (broad SMARTS) is 1. The zero-order chi connectivity index (χ0) is 25.3. The highest BCUT2D eigenvalue weighted by Gasteiger charge is 2.42. The fourth-order valence-corrected chi connectivity index (χ4v) is 5.84. The van der Waals surface area contributed by atoms with Gasteiger partial charge in [-0.1, -0.05) is 0 Å². The van der Waals surface area contributed by atoms with Crippen molar-refractivity contribution in [2.45, 2.75) is 50.7 Å². The van der Waals surface area contributed by atoms with E-state index in [4.69, 9.17) is 20.3 Å². The molecule has 2 unspecified atom stereocenters. The van der Waals surface area contributed by atoms with Crippen molar-refractivity contribution in [3.8, 4) is 11.6 Å². The Bertz CT molecular complexity index is 1220. The van der Waals surface area contributed by atoms with Crippen LogP contribution >= 0.6 is 0 Å². The van der Waals surface area contributed by atoms with Crippen LogP contribution in [-0.2, 0) is 21.4 Å². The van der Waals surface area contributed by atoms with Crippen molar-refractivity contribution in [2.24, 2.45) is 17.6 Å². The summed E-state index contributed by atoms with van der Waals surface area (Å²) in [6.07, 6.45) is 1.55. The SMILES string of the molecule is CCOc1nn(CC)cc1S(=O)(=O)N1CC(CC(C(N)=O)C2CC2)Oc2ccc(NC(=O)O)cc21. The van der Waals surface area contributed by atoms with E-state index in [9.17, 15) is 18.0 Å². The van der Waals surface area contributed by atoms with Gasteiger partial charge in [0.05, 0.1) is 18.8 Å². The molecule has 0 saturated heterocycles. The lowest BCUT2D eigenvalue weighted by atomic mass is 9.95. The summed E-state index contributed by atoms with van der Waals surface area (Å²) in [6.45, 7) is 4.12. The van der Waals surface area contributed by atoms with Crippen LogP contribution in [0.3, 0.4) is 0 Å². The predicted octanol–water partition coefficient (Wildman–Crippen LogP) is 2.25. The molecule has 2 aliphatic rings. The summed E-state index contributed by atoms with van der Waals surface area (Å²) >= 11 is 0. The minimum absolute atomic E-state index is 0.0215. The molecule has 2 atom stereocenters. The van der Waals surface area contributed by atoms with Crippen LogP contribution in [0.1, 0.15) is 33.1 Å². The number of aromatic nitrogens is 2. The Morgan fingerprint density at radius 1 is 1.34 bits per heavy atom. The monoisotopic (exact) mass is 507 g/mol. The van der Waals surface area contributed by atoms with Gasteiger partial charge >= 0.3 is 6.09 Å². The van der Waals surface area contributed by atoms with Crippen LogP contribution in [0.25, 0.3) is 0 Å². The van der Waals surface area contributed by atoms with Gasteiger partial charge in [-0.15, -0.1) is 5.10 Å². The lowest BCUT2D eigenvalue weighted by Gasteiger charge is -2.36. The first-order valence-electron chi connectivity index (χ1n) is 11.5. The second kappa shape index (κ2) is 9.64. The Labute approximate surface area is 203 Å². The Kier molecular flexibility index (Phi) is 6.79. The summed E-state index contributed by atoms with van der Waals surface area (Å²) < 4.78 is 42.1. The number of nitrogens with one attached hydrogen (secondary N) is 1. The molecule has 0 spiro atoms. The molecule has 4 rings (SSSR count). The van der Waals surface area contributed by atoms with Gasteiger partial charge in [0.1, 0.15) is 11.9 Å². The van der Waals surface area contributed by atoms with E-state index in [0.29, 0.717) is 6.54 Å². The molecule has 2 aromatic rings. The molecule has 0 radical (unpaired) electrons. The van der Waals surface area contributed by atoms with Crippen molar-refractivity contribution in [3.63, 3.8) is 0 Å². The number of rotatable bonds is 10. The van der Waals surface area contributed by atoms with Gasteiger partial charge < -0.3 is 20.3 Å². The zero-order valence-electron chi connectivity index (χ0n) is 19.5. The van der Waals surface area contributed by atoms with E-state index in [1.807, 2.05) is 6.92 Å². The molecule has 2 amide bonds. The predicted molar refractivity (Wildman–Crippen MR) is 126 cm³/mol. The van der Waals surface area contributed by atoms with Gasteiger partial charge in [-0.2, -0.15) is 0 Å². The third-order valence-corrected chi connectivity index (χ3v) is 7.85. The number of hydrogen-bond donors (Lipinski definition) is 3. The fraction of sp³-hybridized carbons (Fsp3) is 0.500. The number of anilines is 2. The maximum absolute atomic E-state index is 13.9. The third-order valence-electron chi connectivity index (χ3n) is 6.08. The molecule has 1 aliphatic heterocycles. The smallest absolute Gasteiger partial charge is 0.409 e.